The van der Waals surface area contributed by atoms with E-state index < -0.39 is 10.8 Å². The van der Waals surface area contributed by atoms with Gasteiger partial charge in [-0.1, -0.05) is 13.3 Å². The van der Waals surface area contributed by atoms with E-state index in [1.807, 2.05) is 6.92 Å². The largest absolute Gasteiger partial charge is 0.357 e. The van der Waals surface area contributed by atoms with Crippen LogP contribution in [0.2, 0.25) is 0 Å². The number of nitrogens with zero attached hydrogens (tertiary/aromatic N) is 1. The number of aliphatic imine (C=N–C) groups is 1. The molecule has 0 bridgehead atoms. The van der Waals surface area contributed by atoms with E-state index in [9.17, 15) is 4.21 Å². The first-order valence-electron chi connectivity index (χ1n) is 6.55. The number of hydrogen-bond acceptors (Lipinski definition) is 2. The van der Waals surface area contributed by atoms with Crippen molar-refractivity contribution in [3.8, 4) is 0 Å². The van der Waals surface area contributed by atoms with Crippen LogP contribution >= 0.6 is 0 Å². The van der Waals surface area contributed by atoms with Crippen molar-refractivity contribution in [2.75, 3.05) is 19.3 Å². The van der Waals surface area contributed by atoms with Crippen molar-refractivity contribution in [2.24, 2.45) is 4.99 Å². The maximum atomic E-state index is 11.8. The van der Waals surface area contributed by atoms with Gasteiger partial charge in [0.1, 0.15) is 0 Å². The van der Waals surface area contributed by atoms with Crippen LogP contribution in [0.4, 0.5) is 0 Å². The van der Waals surface area contributed by atoms with Crippen molar-refractivity contribution in [2.45, 2.75) is 50.8 Å². The average molecular weight is 259 g/mol. The summed E-state index contributed by atoms with van der Waals surface area (Å²) in [5.74, 6) is 1.64. The molecular formula is C12H25N3OS. The number of nitrogens with one attached hydrogen (secondary N) is 2. The molecule has 0 aromatic rings. The summed E-state index contributed by atoms with van der Waals surface area (Å²) in [5.41, 5.74) is 0. The van der Waals surface area contributed by atoms with Gasteiger partial charge in [-0.15, -0.1) is 0 Å². The fraction of sp³-hybridized carbons (Fsp3) is 0.917. The third-order valence-electron chi connectivity index (χ3n) is 3.19. The van der Waals surface area contributed by atoms with E-state index in [2.05, 4.69) is 22.5 Å². The van der Waals surface area contributed by atoms with Crippen molar-refractivity contribution < 1.29 is 4.21 Å². The molecule has 0 aromatic heterocycles. The van der Waals surface area contributed by atoms with Gasteiger partial charge in [-0.3, -0.25) is 9.20 Å². The van der Waals surface area contributed by atoms with Gasteiger partial charge in [-0.2, -0.15) is 0 Å². The zero-order valence-corrected chi connectivity index (χ0v) is 12.0. The van der Waals surface area contributed by atoms with Crippen molar-refractivity contribution in [1.82, 2.24) is 10.6 Å². The van der Waals surface area contributed by atoms with E-state index >= 15 is 0 Å². The molecule has 1 fully saturated rings. The number of hydrogen-bond donors (Lipinski definition) is 2. The minimum atomic E-state index is -0.655. The Bertz CT molecular complexity index is 281. The maximum Gasteiger partial charge on any atom is 0.191 e. The van der Waals surface area contributed by atoms with E-state index in [0.717, 1.165) is 43.9 Å². The minimum Gasteiger partial charge on any atom is -0.357 e. The molecule has 2 N–H and O–H groups in total. The van der Waals surface area contributed by atoms with Crippen LogP contribution in [0, 0.1) is 0 Å². The molecule has 0 heterocycles. The van der Waals surface area contributed by atoms with Gasteiger partial charge in [0.2, 0.25) is 0 Å². The smallest absolute Gasteiger partial charge is 0.191 e. The maximum absolute atomic E-state index is 11.8. The Labute approximate surface area is 107 Å². The molecule has 0 aliphatic heterocycles. The predicted octanol–water partition coefficient (Wildman–Crippen LogP) is 1.25. The summed E-state index contributed by atoms with van der Waals surface area (Å²) >= 11 is 0. The molecule has 4 nitrogen and oxygen atoms in total. The molecule has 3 atom stereocenters. The van der Waals surface area contributed by atoms with Gasteiger partial charge < -0.3 is 10.6 Å². The second kappa shape index (κ2) is 7.69. The van der Waals surface area contributed by atoms with E-state index in [-0.39, 0.29) is 0 Å². The minimum absolute atomic E-state index is 0.367. The van der Waals surface area contributed by atoms with Crippen molar-refractivity contribution in [1.29, 1.82) is 0 Å². The standard InChI is InChI=1S/C12H25N3OS/c1-4-14-12(13-3)15-10-7-6-8-11(9-10)17(16)5-2/h10-11H,4-9H2,1-3H3,(H2,13,14,15). The predicted molar refractivity (Wildman–Crippen MR) is 74.9 cm³/mol. The third kappa shape index (κ3) is 4.66. The lowest BCUT2D eigenvalue weighted by Crippen LogP contribution is -2.46. The van der Waals surface area contributed by atoms with Gasteiger partial charge in [0.15, 0.2) is 5.96 Å². The van der Waals surface area contributed by atoms with Gasteiger partial charge in [-0.05, 0) is 26.2 Å². The molecular weight excluding hydrogens is 234 g/mol. The molecule has 5 heteroatoms. The average Bonchev–Trinajstić information content (AvgIpc) is 2.37. The van der Waals surface area contributed by atoms with Gasteiger partial charge in [-0.25, -0.2) is 0 Å². The Morgan fingerprint density at radius 1 is 1.41 bits per heavy atom. The van der Waals surface area contributed by atoms with E-state index in [1.165, 1.54) is 0 Å². The normalized spacial score (nSPS) is 27.6. The summed E-state index contributed by atoms with van der Waals surface area (Å²) in [6.45, 7) is 4.93. The summed E-state index contributed by atoms with van der Waals surface area (Å²) in [4.78, 5) is 4.18. The monoisotopic (exact) mass is 259 g/mol. The summed E-state index contributed by atoms with van der Waals surface area (Å²) in [6, 6.07) is 0.419. The van der Waals surface area contributed by atoms with E-state index in [1.54, 1.807) is 7.05 Å². The molecule has 1 aliphatic rings. The summed E-state index contributed by atoms with van der Waals surface area (Å²) < 4.78 is 11.8. The molecule has 3 unspecified atom stereocenters. The zero-order valence-electron chi connectivity index (χ0n) is 11.2. The highest BCUT2D eigenvalue weighted by atomic mass is 32.2. The zero-order chi connectivity index (χ0) is 12.7. The lowest BCUT2D eigenvalue weighted by Gasteiger charge is -2.30. The van der Waals surface area contributed by atoms with Crippen molar-refractivity contribution >= 4 is 16.8 Å². The van der Waals surface area contributed by atoms with Crippen LogP contribution in [-0.4, -0.2) is 40.8 Å². The highest BCUT2D eigenvalue weighted by molar-refractivity contribution is 7.85. The molecule has 0 saturated heterocycles. The first-order valence-corrected chi connectivity index (χ1v) is 7.93. The van der Waals surface area contributed by atoms with Gasteiger partial charge in [0, 0.05) is 41.4 Å². The van der Waals surface area contributed by atoms with Crippen molar-refractivity contribution in [3.05, 3.63) is 0 Å². The Kier molecular flexibility index (Phi) is 6.55. The van der Waals surface area contributed by atoms with Crippen LogP contribution in [0.1, 0.15) is 39.5 Å². The van der Waals surface area contributed by atoms with Gasteiger partial charge in [0.05, 0.1) is 0 Å². The third-order valence-corrected chi connectivity index (χ3v) is 4.93. The molecule has 100 valence electrons. The van der Waals surface area contributed by atoms with E-state index in [4.69, 9.17) is 0 Å². The summed E-state index contributed by atoms with van der Waals surface area (Å²) in [5, 5.41) is 6.99. The fourth-order valence-electron chi connectivity index (χ4n) is 2.31. The highest BCUT2D eigenvalue weighted by Crippen LogP contribution is 2.22. The Hall–Kier alpha value is -0.580. The van der Waals surface area contributed by atoms with Crippen molar-refractivity contribution in [3.63, 3.8) is 0 Å². The van der Waals surface area contributed by atoms with Crippen LogP contribution in [0.25, 0.3) is 0 Å². The Morgan fingerprint density at radius 2 is 2.18 bits per heavy atom. The quantitative estimate of drug-likeness (QED) is 0.590. The molecule has 1 aliphatic carbocycles. The number of rotatable bonds is 4. The molecule has 0 aromatic carbocycles. The molecule has 0 amide bonds. The first kappa shape index (κ1) is 14.5. The topological polar surface area (TPSA) is 53.5 Å². The SMILES string of the molecule is CCNC(=NC)NC1CCCC(S(=O)CC)C1. The molecule has 0 spiro atoms. The number of guanidine groups is 1. The van der Waals surface area contributed by atoms with Crippen LogP contribution in [0.3, 0.4) is 0 Å². The Balaban J connectivity index is 2.46. The lowest BCUT2D eigenvalue weighted by atomic mass is 9.95. The first-order chi connectivity index (χ1) is 8.21. The van der Waals surface area contributed by atoms with Gasteiger partial charge in [0.25, 0.3) is 0 Å². The molecule has 0 radical (unpaired) electrons. The van der Waals surface area contributed by atoms with Crippen LogP contribution < -0.4 is 10.6 Å². The van der Waals surface area contributed by atoms with E-state index in [0.29, 0.717) is 11.3 Å². The van der Waals surface area contributed by atoms with Gasteiger partial charge >= 0.3 is 0 Å². The molecule has 1 rings (SSSR count). The summed E-state index contributed by atoms with van der Waals surface area (Å²) in [6.07, 6.45) is 4.43. The summed E-state index contributed by atoms with van der Waals surface area (Å²) in [7, 11) is 1.13. The highest BCUT2D eigenvalue weighted by Gasteiger charge is 2.25. The molecule has 1 saturated carbocycles. The van der Waals surface area contributed by atoms with Crippen LogP contribution in [-0.2, 0) is 10.8 Å². The fourth-order valence-corrected chi connectivity index (χ4v) is 3.65. The second-order valence-corrected chi connectivity index (χ2v) is 6.41. The molecule has 17 heavy (non-hydrogen) atoms. The second-order valence-electron chi connectivity index (χ2n) is 4.40. The Morgan fingerprint density at radius 3 is 2.76 bits per heavy atom. The van der Waals surface area contributed by atoms with Crippen LogP contribution in [0.15, 0.2) is 4.99 Å². The lowest BCUT2D eigenvalue weighted by molar-refractivity contribution is 0.414. The van der Waals surface area contributed by atoms with Crippen LogP contribution in [0.5, 0.6) is 0 Å².